The summed E-state index contributed by atoms with van der Waals surface area (Å²) in [5, 5.41) is 6.92. The molecular formula is C16H22N4O2. The Balaban J connectivity index is 1.92. The minimum atomic E-state index is -0.0819. The minimum absolute atomic E-state index is 0.0819. The van der Waals surface area contributed by atoms with E-state index >= 15 is 0 Å². The van der Waals surface area contributed by atoms with Gasteiger partial charge in [0.25, 0.3) is 0 Å². The molecule has 0 spiro atoms. The molecule has 1 atom stereocenters. The highest BCUT2D eigenvalue weighted by Crippen LogP contribution is 2.21. The van der Waals surface area contributed by atoms with Gasteiger partial charge in [-0.05, 0) is 31.7 Å². The summed E-state index contributed by atoms with van der Waals surface area (Å²) in [6.45, 7) is 2.36. The fourth-order valence-electron chi connectivity index (χ4n) is 2.16. The largest absolute Gasteiger partial charge is 0.497 e. The zero-order valence-electron chi connectivity index (χ0n) is 13.4. The van der Waals surface area contributed by atoms with Crippen LogP contribution >= 0.6 is 0 Å². The normalized spacial score (nSPS) is 12.2. The second-order valence-electron chi connectivity index (χ2n) is 5.29. The maximum Gasteiger partial charge on any atom is 0.239 e. The molecule has 0 radical (unpaired) electrons. The monoisotopic (exact) mass is 302 g/mol. The van der Waals surface area contributed by atoms with Crippen LogP contribution in [0.5, 0.6) is 5.75 Å². The maximum atomic E-state index is 12.0. The Morgan fingerprint density at radius 2 is 2.05 bits per heavy atom. The second kappa shape index (κ2) is 7.09. The Labute approximate surface area is 130 Å². The number of hydrogen-bond acceptors (Lipinski definition) is 4. The number of benzene rings is 1. The van der Waals surface area contributed by atoms with Crippen LogP contribution in [0.2, 0.25) is 0 Å². The van der Waals surface area contributed by atoms with E-state index in [-0.39, 0.29) is 11.9 Å². The van der Waals surface area contributed by atoms with Crippen molar-refractivity contribution in [3.05, 3.63) is 42.1 Å². The Morgan fingerprint density at radius 1 is 1.36 bits per heavy atom. The van der Waals surface area contributed by atoms with Crippen LogP contribution in [0.1, 0.15) is 18.5 Å². The summed E-state index contributed by atoms with van der Waals surface area (Å²) in [5.74, 6) is 1.31. The lowest BCUT2D eigenvalue weighted by Gasteiger charge is -2.24. The predicted molar refractivity (Wildman–Crippen MR) is 85.9 cm³/mol. The standard InChI is InChI=1S/C16H22N4O2/c1-12(13-5-7-14(22-4)8-6-13)19(2)11-16(21)17-15-9-10-20(3)18-15/h5-10,12H,11H2,1-4H3,(H,17,18,21)/t12-/m1/s1. The quantitative estimate of drug-likeness (QED) is 0.887. The summed E-state index contributed by atoms with van der Waals surface area (Å²) < 4.78 is 6.81. The first-order valence-corrected chi connectivity index (χ1v) is 7.13. The van der Waals surface area contributed by atoms with E-state index in [4.69, 9.17) is 4.74 Å². The van der Waals surface area contributed by atoms with E-state index in [1.165, 1.54) is 0 Å². The number of anilines is 1. The molecule has 6 heteroatoms. The smallest absolute Gasteiger partial charge is 0.239 e. The number of nitrogens with zero attached hydrogens (tertiary/aromatic N) is 3. The zero-order valence-corrected chi connectivity index (χ0v) is 13.4. The fourth-order valence-corrected chi connectivity index (χ4v) is 2.16. The number of ether oxygens (including phenoxy) is 1. The van der Waals surface area contributed by atoms with E-state index in [1.807, 2.05) is 43.3 Å². The lowest BCUT2D eigenvalue weighted by atomic mass is 10.1. The Morgan fingerprint density at radius 3 is 2.59 bits per heavy atom. The van der Waals surface area contributed by atoms with E-state index in [0.717, 1.165) is 11.3 Å². The average Bonchev–Trinajstić information content (AvgIpc) is 2.91. The number of rotatable bonds is 6. The molecule has 2 aromatic rings. The van der Waals surface area contributed by atoms with Crippen molar-refractivity contribution in [2.45, 2.75) is 13.0 Å². The van der Waals surface area contributed by atoms with Crippen molar-refractivity contribution in [2.24, 2.45) is 7.05 Å². The molecule has 0 bridgehead atoms. The predicted octanol–water partition coefficient (Wildman–Crippen LogP) is 2.06. The van der Waals surface area contributed by atoms with Crippen molar-refractivity contribution in [1.82, 2.24) is 14.7 Å². The SMILES string of the molecule is COc1ccc([C@@H](C)N(C)CC(=O)Nc2ccn(C)n2)cc1. The first-order valence-electron chi connectivity index (χ1n) is 7.13. The van der Waals surface area contributed by atoms with Crippen LogP contribution in [0.4, 0.5) is 5.82 Å². The molecule has 0 saturated carbocycles. The number of likely N-dealkylation sites (N-methyl/N-ethyl adjacent to an activating group) is 1. The summed E-state index contributed by atoms with van der Waals surface area (Å²) in [4.78, 5) is 14.0. The molecular weight excluding hydrogens is 280 g/mol. The minimum Gasteiger partial charge on any atom is -0.497 e. The van der Waals surface area contributed by atoms with Crippen LogP contribution in [0.3, 0.4) is 0 Å². The molecule has 22 heavy (non-hydrogen) atoms. The van der Waals surface area contributed by atoms with Crippen molar-refractivity contribution >= 4 is 11.7 Å². The highest BCUT2D eigenvalue weighted by Gasteiger charge is 2.15. The highest BCUT2D eigenvalue weighted by molar-refractivity contribution is 5.91. The van der Waals surface area contributed by atoms with E-state index in [1.54, 1.807) is 24.1 Å². The van der Waals surface area contributed by atoms with Crippen LogP contribution in [-0.4, -0.2) is 41.3 Å². The van der Waals surface area contributed by atoms with Gasteiger partial charge in [0.1, 0.15) is 5.75 Å². The number of amides is 1. The molecule has 1 heterocycles. The van der Waals surface area contributed by atoms with Gasteiger partial charge in [-0.15, -0.1) is 0 Å². The van der Waals surface area contributed by atoms with Crippen molar-refractivity contribution < 1.29 is 9.53 Å². The average molecular weight is 302 g/mol. The molecule has 118 valence electrons. The van der Waals surface area contributed by atoms with Crippen molar-refractivity contribution in [2.75, 3.05) is 26.0 Å². The molecule has 2 rings (SSSR count). The first kappa shape index (κ1) is 16.0. The van der Waals surface area contributed by atoms with Gasteiger partial charge in [0.05, 0.1) is 13.7 Å². The molecule has 0 aliphatic rings. The third-order valence-corrected chi connectivity index (χ3v) is 3.63. The summed E-state index contributed by atoms with van der Waals surface area (Å²) >= 11 is 0. The summed E-state index contributed by atoms with van der Waals surface area (Å²) in [6.07, 6.45) is 1.79. The van der Waals surface area contributed by atoms with Gasteiger partial charge in [-0.25, -0.2) is 0 Å². The second-order valence-corrected chi connectivity index (χ2v) is 5.29. The third-order valence-electron chi connectivity index (χ3n) is 3.63. The van der Waals surface area contributed by atoms with E-state index < -0.39 is 0 Å². The Bertz CT molecular complexity index is 621. The lowest BCUT2D eigenvalue weighted by molar-refractivity contribution is -0.117. The van der Waals surface area contributed by atoms with Crippen LogP contribution in [0, 0.1) is 0 Å². The van der Waals surface area contributed by atoms with Crippen molar-refractivity contribution in [3.63, 3.8) is 0 Å². The number of nitrogens with one attached hydrogen (secondary N) is 1. The van der Waals surface area contributed by atoms with Gasteiger partial charge in [0.2, 0.25) is 5.91 Å². The van der Waals surface area contributed by atoms with E-state index in [0.29, 0.717) is 12.4 Å². The number of hydrogen-bond donors (Lipinski definition) is 1. The van der Waals surface area contributed by atoms with Crippen LogP contribution in [0.25, 0.3) is 0 Å². The van der Waals surface area contributed by atoms with Gasteiger partial charge in [-0.2, -0.15) is 5.10 Å². The molecule has 1 amide bonds. The molecule has 1 N–H and O–H groups in total. The van der Waals surface area contributed by atoms with Gasteiger partial charge in [0, 0.05) is 25.4 Å². The van der Waals surface area contributed by atoms with Crippen LogP contribution in [0.15, 0.2) is 36.5 Å². The topological polar surface area (TPSA) is 59.4 Å². The molecule has 0 unspecified atom stereocenters. The van der Waals surface area contributed by atoms with Gasteiger partial charge < -0.3 is 10.1 Å². The number of aryl methyl sites for hydroxylation is 1. The van der Waals surface area contributed by atoms with Gasteiger partial charge in [-0.3, -0.25) is 14.4 Å². The maximum absolute atomic E-state index is 12.0. The Hall–Kier alpha value is -2.34. The van der Waals surface area contributed by atoms with Gasteiger partial charge in [0.15, 0.2) is 5.82 Å². The lowest BCUT2D eigenvalue weighted by Crippen LogP contribution is -2.32. The number of carbonyl (C=O) groups is 1. The van der Waals surface area contributed by atoms with E-state index in [2.05, 4.69) is 17.3 Å². The number of aromatic nitrogens is 2. The number of carbonyl (C=O) groups excluding carboxylic acids is 1. The highest BCUT2D eigenvalue weighted by atomic mass is 16.5. The molecule has 0 saturated heterocycles. The third kappa shape index (κ3) is 4.08. The molecule has 0 aliphatic heterocycles. The number of methoxy groups -OCH3 is 1. The van der Waals surface area contributed by atoms with Gasteiger partial charge in [-0.1, -0.05) is 12.1 Å². The molecule has 1 aromatic carbocycles. The summed E-state index contributed by atoms with van der Waals surface area (Å²) in [5.41, 5.74) is 1.13. The molecule has 0 fully saturated rings. The zero-order chi connectivity index (χ0) is 16.1. The summed E-state index contributed by atoms with van der Waals surface area (Å²) in [6, 6.07) is 9.76. The fraction of sp³-hybridized carbons (Fsp3) is 0.375. The Kier molecular flexibility index (Phi) is 5.16. The van der Waals surface area contributed by atoms with Crippen LogP contribution in [-0.2, 0) is 11.8 Å². The van der Waals surface area contributed by atoms with Gasteiger partial charge >= 0.3 is 0 Å². The molecule has 6 nitrogen and oxygen atoms in total. The van der Waals surface area contributed by atoms with Crippen LogP contribution < -0.4 is 10.1 Å². The molecule has 1 aromatic heterocycles. The van der Waals surface area contributed by atoms with Crippen molar-refractivity contribution in [1.29, 1.82) is 0 Å². The first-order chi connectivity index (χ1) is 10.5. The van der Waals surface area contributed by atoms with Crippen molar-refractivity contribution in [3.8, 4) is 5.75 Å². The molecule has 0 aliphatic carbocycles. The summed E-state index contributed by atoms with van der Waals surface area (Å²) in [7, 11) is 5.38. The van der Waals surface area contributed by atoms with E-state index in [9.17, 15) is 4.79 Å².